The van der Waals surface area contributed by atoms with Gasteiger partial charge in [0.25, 0.3) is 0 Å². The molecule has 0 aromatic heterocycles. The standard InChI is InChI=1S/C21H24N2O8S/c24-20-11-18(32(27,28)29)10-14-9-16(3-6-19(14)20)23-13-31-17-4-1-15(2-5-17)22-12-30-8-7-21(25)26/h1-6,9-11,22-24,27-29H,7-8,12-13H2,(H,25,26). The Morgan fingerprint density at radius 3 is 2.28 bits per heavy atom. The van der Waals surface area contributed by atoms with E-state index in [2.05, 4.69) is 10.6 Å². The highest BCUT2D eigenvalue weighted by molar-refractivity contribution is 8.19. The van der Waals surface area contributed by atoms with Crippen LogP contribution < -0.4 is 15.4 Å². The Labute approximate surface area is 185 Å². The molecule has 0 radical (unpaired) electrons. The van der Waals surface area contributed by atoms with E-state index in [0.29, 0.717) is 22.2 Å². The number of benzene rings is 3. The lowest BCUT2D eigenvalue weighted by molar-refractivity contribution is -0.138. The molecule has 0 amide bonds. The normalized spacial score (nSPS) is 11.8. The van der Waals surface area contributed by atoms with Gasteiger partial charge in [0.2, 0.25) is 0 Å². The highest BCUT2D eigenvalue weighted by Gasteiger charge is 2.18. The minimum Gasteiger partial charge on any atom is -0.507 e. The Bertz CT molecular complexity index is 1070. The third kappa shape index (κ3) is 6.64. The molecule has 0 saturated heterocycles. The van der Waals surface area contributed by atoms with Gasteiger partial charge in [0.05, 0.1) is 17.9 Å². The van der Waals surface area contributed by atoms with Crippen molar-refractivity contribution >= 4 is 39.0 Å². The van der Waals surface area contributed by atoms with E-state index >= 15 is 0 Å². The summed E-state index contributed by atoms with van der Waals surface area (Å²) < 4.78 is 39.1. The van der Waals surface area contributed by atoms with Crippen molar-refractivity contribution in [2.45, 2.75) is 11.3 Å². The molecule has 0 fully saturated rings. The Kier molecular flexibility index (Phi) is 7.62. The van der Waals surface area contributed by atoms with E-state index in [1.54, 1.807) is 42.5 Å². The maximum atomic E-state index is 10.4. The Morgan fingerprint density at radius 2 is 1.59 bits per heavy atom. The zero-order valence-corrected chi connectivity index (χ0v) is 17.7. The van der Waals surface area contributed by atoms with Gasteiger partial charge in [0.1, 0.15) is 29.1 Å². The lowest BCUT2D eigenvalue weighted by Gasteiger charge is -2.20. The van der Waals surface area contributed by atoms with Crippen LogP contribution in [0.5, 0.6) is 11.5 Å². The maximum Gasteiger partial charge on any atom is 0.305 e. The second-order valence-electron chi connectivity index (χ2n) is 6.76. The van der Waals surface area contributed by atoms with Crippen LogP contribution in [0.25, 0.3) is 10.8 Å². The molecule has 3 aromatic carbocycles. The van der Waals surface area contributed by atoms with Crippen molar-refractivity contribution in [1.82, 2.24) is 0 Å². The summed E-state index contributed by atoms with van der Waals surface area (Å²) in [5.74, 6) is -0.463. The highest BCUT2D eigenvalue weighted by Crippen LogP contribution is 2.46. The zero-order chi connectivity index (χ0) is 23.1. The first kappa shape index (κ1) is 23.4. The van der Waals surface area contributed by atoms with Gasteiger partial charge in [0.15, 0.2) is 6.73 Å². The molecule has 0 bridgehead atoms. The van der Waals surface area contributed by atoms with Gasteiger partial charge in [-0.15, -0.1) is 0 Å². The van der Waals surface area contributed by atoms with E-state index < -0.39 is 16.8 Å². The number of rotatable bonds is 11. The molecule has 0 aliphatic carbocycles. The molecule has 0 saturated carbocycles. The number of anilines is 2. The van der Waals surface area contributed by atoms with Crippen LogP contribution in [0.1, 0.15) is 6.42 Å². The molecule has 0 spiro atoms. The van der Waals surface area contributed by atoms with Crippen molar-refractivity contribution in [3.05, 3.63) is 54.6 Å². The number of phenols is 1. The SMILES string of the molecule is O=C(O)CCOCNc1ccc(OCNc2ccc3c(O)cc(S(O)(O)O)cc3c2)cc1. The van der Waals surface area contributed by atoms with Gasteiger partial charge < -0.3 is 44.0 Å². The average molecular weight is 464 g/mol. The number of carboxylic acids is 1. The predicted molar refractivity (Wildman–Crippen MR) is 122 cm³/mol. The van der Waals surface area contributed by atoms with Crippen molar-refractivity contribution in [2.75, 3.05) is 30.7 Å². The number of aliphatic carboxylic acids is 1. The number of carboxylic acid groups (broad SMARTS) is 1. The second-order valence-corrected chi connectivity index (χ2v) is 8.27. The Morgan fingerprint density at radius 1 is 0.906 bits per heavy atom. The van der Waals surface area contributed by atoms with Gasteiger partial charge >= 0.3 is 5.97 Å². The molecule has 0 unspecified atom stereocenters. The first-order valence-electron chi connectivity index (χ1n) is 9.50. The Hall–Kier alpha value is -3.22. The average Bonchev–Trinajstić information content (AvgIpc) is 2.73. The van der Waals surface area contributed by atoms with Gasteiger partial charge in [-0.25, -0.2) is 0 Å². The number of carbonyl (C=O) groups is 1. The van der Waals surface area contributed by atoms with Crippen LogP contribution in [0.3, 0.4) is 0 Å². The number of aromatic hydroxyl groups is 1. The van der Waals surface area contributed by atoms with Gasteiger partial charge in [-0.2, -0.15) is 0 Å². The lowest BCUT2D eigenvalue weighted by Crippen LogP contribution is -2.10. The van der Waals surface area contributed by atoms with E-state index in [9.17, 15) is 23.6 Å². The molecular weight excluding hydrogens is 440 g/mol. The molecule has 172 valence electrons. The number of ether oxygens (including phenoxy) is 2. The van der Waals surface area contributed by atoms with Crippen molar-refractivity contribution in [3.63, 3.8) is 0 Å². The van der Waals surface area contributed by atoms with Gasteiger partial charge in [-0.3, -0.25) is 4.79 Å². The van der Waals surface area contributed by atoms with Gasteiger partial charge in [-0.1, -0.05) is 0 Å². The summed E-state index contributed by atoms with van der Waals surface area (Å²) in [7, 11) is -3.94. The predicted octanol–water partition coefficient (Wildman–Crippen LogP) is 4.44. The van der Waals surface area contributed by atoms with Crippen molar-refractivity contribution < 1.29 is 38.1 Å². The van der Waals surface area contributed by atoms with E-state index in [4.69, 9.17) is 14.6 Å². The molecular formula is C21H24N2O8S. The van der Waals surface area contributed by atoms with Crippen LogP contribution in [-0.2, 0) is 9.53 Å². The van der Waals surface area contributed by atoms with Crippen LogP contribution in [0.2, 0.25) is 0 Å². The molecule has 0 heterocycles. The fourth-order valence-corrected chi connectivity index (χ4v) is 3.38. The van der Waals surface area contributed by atoms with Crippen LogP contribution >= 0.6 is 10.9 Å². The first-order chi connectivity index (χ1) is 15.2. The molecule has 0 aliphatic rings. The summed E-state index contributed by atoms with van der Waals surface area (Å²) in [4.78, 5) is 10.2. The summed E-state index contributed by atoms with van der Waals surface area (Å²) in [6.45, 7) is 0.476. The van der Waals surface area contributed by atoms with Crippen LogP contribution in [0.4, 0.5) is 11.4 Å². The van der Waals surface area contributed by atoms with Crippen LogP contribution in [0.15, 0.2) is 59.5 Å². The molecule has 10 nitrogen and oxygen atoms in total. The molecule has 3 aromatic rings. The molecule has 32 heavy (non-hydrogen) atoms. The molecule has 11 heteroatoms. The summed E-state index contributed by atoms with van der Waals surface area (Å²) in [6, 6.07) is 14.7. The van der Waals surface area contributed by atoms with E-state index in [1.807, 2.05) is 0 Å². The summed E-state index contributed by atoms with van der Waals surface area (Å²) in [5.41, 5.74) is 1.46. The smallest absolute Gasteiger partial charge is 0.305 e. The number of fused-ring (bicyclic) bond motifs is 1. The van der Waals surface area contributed by atoms with Gasteiger partial charge in [0, 0.05) is 16.8 Å². The first-order valence-corrected chi connectivity index (χ1v) is 11.0. The third-order valence-corrected chi connectivity index (χ3v) is 5.30. The number of nitrogens with one attached hydrogen (secondary N) is 2. The third-order valence-electron chi connectivity index (χ3n) is 4.43. The monoisotopic (exact) mass is 464 g/mol. The van der Waals surface area contributed by atoms with E-state index in [1.165, 1.54) is 6.07 Å². The fraction of sp³-hybridized carbons (Fsp3) is 0.190. The van der Waals surface area contributed by atoms with E-state index in [0.717, 1.165) is 11.8 Å². The molecule has 0 atom stereocenters. The molecule has 0 aliphatic heterocycles. The number of phenolic OH excluding ortho intramolecular Hbond substituents is 1. The minimum absolute atomic E-state index is 0.0485. The largest absolute Gasteiger partial charge is 0.507 e. The quantitative estimate of drug-likeness (QED) is 0.160. The highest BCUT2D eigenvalue weighted by atomic mass is 32.3. The van der Waals surface area contributed by atoms with Crippen molar-refractivity contribution in [3.8, 4) is 11.5 Å². The minimum atomic E-state index is -3.94. The molecule has 7 N–H and O–H groups in total. The fourth-order valence-electron chi connectivity index (χ4n) is 2.83. The maximum absolute atomic E-state index is 10.4. The Balaban J connectivity index is 1.52. The topological polar surface area (TPSA) is 161 Å². The van der Waals surface area contributed by atoms with Crippen molar-refractivity contribution in [2.24, 2.45) is 0 Å². The lowest BCUT2D eigenvalue weighted by atomic mass is 10.1. The summed E-state index contributed by atoms with van der Waals surface area (Å²) in [5, 5.41) is 25.7. The number of hydrogen-bond donors (Lipinski definition) is 7. The molecule has 3 rings (SSSR count). The van der Waals surface area contributed by atoms with Crippen LogP contribution in [0, 0.1) is 0 Å². The summed E-state index contributed by atoms with van der Waals surface area (Å²) in [6.07, 6.45) is -0.0485. The van der Waals surface area contributed by atoms with Gasteiger partial charge in [-0.05, 0) is 60.0 Å². The zero-order valence-electron chi connectivity index (χ0n) is 16.9. The van der Waals surface area contributed by atoms with E-state index in [-0.39, 0.29) is 37.1 Å². The van der Waals surface area contributed by atoms with Crippen molar-refractivity contribution in [1.29, 1.82) is 0 Å². The summed E-state index contributed by atoms with van der Waals surface area (Å²) >= 11 is 0. The second kappa shape index (κ2) is 10.4. The van der Waals surface area contributed by atoms with Crippen LogP contribution in [-0.4, -0.2) is 49.9 Å². The number of hydrogen-bond acceptors (Lipinski definition) is 9.